The molecule has 1 aromatic carbocycles. The molecule has 0 amide bonds. The third-order valence-corrected chi connectivity index (χ3v) is 3.25. The predicted molar refractivity (Wildman–Crippen MR) is 77.8 cm³/mol. The van der Waals surface area contributed by atoms with Crippen LogP contribution in [0.2, 0.25) is 0 Å². The Bertz CT molecular complexity index is 527. The zero-order valence-electron chi connectivity index (χ0n) is 11.0. The fourth-order valence-corrected chi connectivity index (χ4v) is 1.92. The van der Waals surface area contributed by atoms with Gasteiger partial charge in [0.15, 0.2) is 11.5 Å². The van der Waals surface area contributed by atoms with E-state index in [2.05, 4.69) is 17.2 Å². The number of hydrogen-bond acceptors (Lipinski definition) is 4. The van der Waals surface area contributed by atoms with E-state index in [0.29, 0.717) is 6.54 Å². The summed E-state index contributed by atoms with van der Waals surface area (Å²) in [5.41, 5.74) is 2.54. The number of fused-ring (bicyclic) bond motifs is 1. The van der Waals surface area contributed by atoms with E-state index >= 15 is 0 Å². The van der Waals surface area contributed by atoms with Crippen LogP contribution < -0.4 is 5.32 Å². The first kappa shape index (κ1) is 14.2. The lowest BCUT2D eigenvalue weighted by atomic mass is 10.2. The fourth-order valence-electron chi connectivity index (χ4n) is 1.81. The first-order chi connectivity index (χ1) is 9.22. The lowest BCUT2D eigenvalue weighted by Crippen LogP contribution is -2.20. The van der Waals surface area contributed by atoms with Crippen molar-refractivity contribution < 1.29 is 9.52 Å². The number of benzene rings is 1. The Morgan fingerprint density at radius 3 is 3.05 bits per heavy atom. The molecule has 0 spiro atoms. The maximum Gasteiger partial charge on any atom is 0.195 e. The molecule has 2 aromatic rings. The van der Waals surface area contributed by atoms with Gasteiger partial charge in [-0.25, -0.2) is 4.98 Å². The molecule has 1 unspecified atom stereocenters. The Morgan fingerprint density at radius 2 is 2.32 bits per heavy atom. The number of unbranched alkanes of at least 4 members (excludes halogenated alkanes) is 1. The van der Waals surface area contributed by atoms with Crippen molar-refractivity contribution in [1.82, 2.24) is 4.98 Å². The zero-order chi connectivity index (χ0) is 13.7. The molecule has 2 rings (SSSR count). The molecule has 1 atom stereocenters. The number of halogens is 1. The Kier molecular flexibility index (Phi) is 5.05. The monoisotopic (exact) mass is 282 g/mol. The summed E-state index contributed by atoms with van der Waals surface area (Å²) in [5.74, 6) is 1.01. The quantitative estimate of drug-likeness (QED) is 0.766. The molecule has 0 radical (unpaired) electrons. The van der Waals surface area contributed by atoms with Crippen LogP contribution in [0.3, 0.4) is 0 Å². The third kappa shape index (κ3) is 3.85. The van der Waals surface area contributed by atoms with Crippen molar-refractivity contribution in [3.05, 3.63) is 24.1 Å². The number of anilines is 1. The van der Waals surface area contributed by atoms with E-state index in [1.165, 1.54) is 0 Å². The van der Waals surface area contributed by atoms with Crippen LogP contribution in [0.4, 0.5) is 5.69 Å². The average molecular weight is 283 g/mol. The number of oxazole rings is 1. The molecule has 0 bridgehead atoms. The van der Waals surface area contributed by atoms with Crippen LogP contribution in [0.5, 0.6) is 0 Å². The molecule has 19 heavy (non-hydrogen) atoms. The number of aromatic nitrogens is 1. The largest absolute Gasteiger partial charge is 0.441 e. The van der Waals surface area contributed by atoms with Gasteiger partial charge in [-0.05, 0) is 18.6 Å². The highest BCUT2D eigenvalue weighted by molar-refractivity contribution is 6.18. The highest BCUT2D eigenvalue weighted by Gasteiger charge is 2.07. The Balaban J connectivity index is 2.07. The van der Waals surface area contributed by atoms with Gasteiger partial charge in [-0.3, -0.25) is 0 Å². The van der Waals surface area contributed by atoms with Crippen molar-refractivity contribution in [3.8, 4) is 0 Å². The van der Waals surface area contributed by atoms with Gasteiger partial charge in [0.25, 0.3) is 0 Å². The van der Waals surface area contributed by atoms with E-state index in [9.17, 15) is 5.11 Å². The molecular formula is C14H19ClN2O2. The molecule has 2 N–H and O–H groups in total. The van der Waals surface area contributed by atoms with Gasteiger partial charge in [0.05, 0.1) is 12.0 Å². The number of aryl methyl sites for hydroxylation is 1. The molecule has 0 aliphatic carbocycles. The SMILES string of the molecule is CCCCc1nc2ccc(NCC(O)CCl)cc2o1. The van der Waals surface area contributed by atoms with Crippen LogP contribution in [0.1, 0.15) is 25.7 Å². The highest BCUT2D eigenvalue weighted by atomic mass is 35.5. The van der Waals surface area contributed by atoms with E-state index < -0.39 is 6.10 Å². The van der Waals surface area contributed by atoms with Crippen LogP contribution >= 0.6 is 11.6 Å². The van der Waals surface area contributed by atoms with Crippen LogP contribution in [0.15, 0.2) is 22.6 Å². The van der Waals surface area contributed by atoms with Crippen LogP contribution in [-0.2, 0) is 6.42 Å². The van der Waals surface area contributed by atoms with Crippen molar-refractivity contribution in [2.75, 3.05) is 17.7 Å². The van der Waals surface area contributed by atoms with E-state index in [0.717, 1.165) is 41.9 Å². The number of alkyl halides is 1. The summed E-state index contributed by atoms with van der Waals surface area (Å²) in [6.45, 7) is 2.57. The van der Waals surface area contributed by atoms with Gasteiger partial charge < -0.3 is 14.8 Å². The van der Waals surface area contributed by atoms with Gasteiger partial charge in [0.1, 0.15) is 5.52 Å². The summed E-state index contributed by atoms with van der Waals surface area (Å²) < 4.78 is 5.70. The lowest BCUT2D eigenvalue weighted by Gasteiger charge is -2.09. The molecule has 1 heterocycles. The highest BCUT2D eigenvalue weighted by Crippen LogP contribution is 2.21. The molecular weight excluding hydrogens is 264 g/mol. The molecule has 0 fully saturated rings. The summed E-state index contributed by atoms with van der Waals surface area (Å²) in [6.07, 6.45) is 2.54. The van der Waals surface area contributed by atoms with Crippen molar-refractivity contribution in [1.29, 1.82) is 0 Å². The zero-order valence-corrected chi connectivity index (χ0v) is 11.8. The Labute approximate surface area is 117 Å². The summed E-state index contributed by atoms with van der Waals surface area (Å²) >= 11 is 5.55. The second-order valence-electron chi connectivity index (χ2n) is 4.58. The van der Waals surface area contributed by atoms with E-state index in [-0.39, 0.29) is 5.88 Å². The molecule has 0 saturated heterocycles. The minimum absolute atomic E-state index is 0.221. The smallest absolute Gasteiger partial charge is 0.195 e. The van der Waals surface area contributed by atoms with Gasteiger partial charge >= 0.3 is 0 Å². The lowest BCUT2D eigenvalue weighted by molar-refractivity contribution is 0.211. The first-order valence-electron chi connectivity index (χ1n) is 6.60. The number of rotatable bonds is 7. The van der Waals surface area contributed by atoms with Crippen molar-refractivity contribution in [3.63, 3.8) is 0 Å². The van der Waals surface area contributed by atoms with E-state index in [1.807, 2.05) is 18.2 Å². The van der Waals surface area contributed by atoms with Crippen LogP contribution in [0, 0.1) is 0 Å². The Hall–Kier alpha value is -1.26. The molecule has 0 saturated carbocycles. The normalized spacial score (nSPS) is 12.8. The Morgan fingerprint density at radius 1 is 1.47 bits per heavy atom. The topological polar surface area (TPSA) is 58.3 Å². The number of aliphatic hydroxyl groups is 1. The summed E-state index contributed by atoms with van der Waals surface area (Å²) in [7, 11) is 0. The summed E-state index contributed by atoms with van der Waals surface area (Å²) in [4.78, 5) is 4.44. The minimum atomic E-state index is -0.549. The van der Waals surface area contributed by atoms with Gasteiger partial charge in [-0.2, -0.15) is 0 Å². The predicted octanol–water partition coefficient (Wildman–Crippen LogP) is 3.18. The van der Waals surface area contributed by atoms with E-state index in [1.54, 1.807) is 0 Å². The fraction of sp³-hybridized carbons (Fsp3) is 0.500. The first-order valence-corrected chi connectivity index (χ1v) is 7.13. The van der Waals surface area contributed by atoms with Crippen LogP contribution in [-0.4, -0.2) is 28.6 Å². The van der Waals surface area contributed by atoms with Gasteiger partial charge in [0.2, 0.25) is 0 Å². The number of aliphatic hydroxyl groups excluding tert-OH is 1. The molecule has 0 aliphatic heterocycles. The molecule has 104 valence electrons. The standard InChI is InChI=1S/C14H19ClN2O2/c1-2-3-4-14-17-12-6-5-10(7-13(12)19-14)16-9-11(18)8-15/h5-7,11,16,18H,2-4,8-9H2,1H3. The number of nitrogens with one attached hydrogen (secondary N) is 1. The summed E-state index contributed by atoms with van der Waals surface area (Å²) in [5, 5.41) is 12.5. The molecule has 5 heteroatoms. The molecule has 1 aromatic heterocycles. The van der Waals surface area contributed by atoms with Crippen molar-refractivity contribution in [2.24, 2.45) is 0 Å². The maximum atomic E-state index is 9.40. The van der Waals surface area contributed by atoms with Gasteiger partial charge in [-0.15, -0.1) is 11.6 Å². The maximum absolute atomic E-state index is 9.40. The second-order valence-corrected chi connectivity index (χ2v) is 4.89. The van der Waals surface area contributed by atoms with Crippen LogP contribution in [0.25, 0.3) is 11.1 Å². The van der Waals surface area contributed by atoms with Gasteiger partial charge in [0, 0.05) is 24.7 Å². The van der Waals surface area contributed by atoms with Crippen molar-refractivity contribution in [2.45, 2.75) is 32.3 Å². The molecule has 0 aliphatic rings. The minimum Gasteiger partial charge on any atom is -0.441 e. The third-order valence-electron chi connectivity index (χ3n) is 2.90. The molecule has 4 nitrogen and oxygen atoms in total. The second kappa shape index (κ2) is 6.78. The van der Waals surface area contributed by atoms with Crippen molar-refractivity contribution >= 4 is 28.4 Å². The number of hydrogen-bond donors (Lipinski definition) is 2. The average Bonchev–Trinajstić information content (AvgIpc) is 2.84. The summed E-state index contributed by atoms with van der Waals surface area (Å²) in [6, 6.07) is 5.75. The van der Waals surface area contributed by atoms with E-state index in [4.69, 9.17) is 16.0 Å². The van der Waals surface area contributed by atoms with Gasteiger partial charge in [-0.1, -0.05) is 13.3 Å². The number of nitrogens with zero attached hydrogens (tertiary/aromatic N) is 1.